The van der Waals surface area contributed by atoms with Crippen LogP contribution in [0.15, 0.2) is 41.0 Å². The molecule has 1 aromatic heterocycles. The lowest BCUT2D eigenvalue weighted by Gasteiger charge is -2.12. The van der Waals surface area contributed by atoms with Gasteiger partial charge in [-0.3, -0.25) is 0 Å². The molecule has 0 saturated carbocycles. The summed E-state index contributed by atoms with van der Waals surface area (Å²) in [6.45, 7) is 4.03. The number of aromatic nitrogens is 1. The van der Waals surface area contributed by atoms with Crippen molar-refractivity contribution in [2.75, 3.05) is 11.9 Å². The summed E-state index contributed by atoms with van der Waals surface area (Å²) >= 11 is 9.33. The maximum Gasteiger partial charge on any atom is 0.140 e. The maximum atomic E-state index is 5.88. The quantitative estimate of drug-likeness (QED) is 0.819. The van der Waals surface area contributed by atoms with E-state index < -0.39 is 0 Å². The van der Waals surface area contributed by atoms with Crippen molar-refractivity contribution in [1.29, 1.82) is 0 Å². The van der Waals surface area contributed by atoms with E-state index in [0.29, 0.717) is 24.8 Å². The van der Waals surface area contributed by atoms with Crippen molar-refractivity contribution >= 4 is 33.3 Å². The molecule has 3 nitrogen and oxygen atoms in total. The molecule has 0 saturated heterocycles. The van der Waals surface area contributed by atoms with Crippen molar-refractivity contribution in [3.8, 4) is 0 Å². The van der Waals surface area contributed by atoms with Crippen LogP contribution in [0.1, 0.15) is 18.1 Å². The van der Waals surface area contributed by atoms with Crippen molar-refractivity contribution < 1.29 is 4.74 Å². The molecule has 20 heavy (non-hydrogen) atoms. The predicted octanol–water partition coefficient (Wildman–Crippen LogP) is 4.65. The van der Waals surface area contributed by atoms with E-state index in [9.17, 15) is 0 Å². The molecule has 1 heterocycles. The summed E-state index contributed by atoms with van der Waals surface area (Å²) in [6, 6.07) is 10.0. The minimum Gasteiger partial charge on any atom is -0.377 e. The van der Waals surface area contributed by atoms with Gasteiger partial charge in [0.2, 0.25) is 0 Å². The lowest BCUT2D eigenvalue weighted by Crippen LogP contribution is -2.05. The average Bonchev–Trinajstić information content (AvgIpc) is 2.45. The van der Waals surface area contributed by atoms with Gasteiger partial charge < -0.3 is 10.1 Å². The molecule has 0 fully saturated rings. The molecule has 0 aliphatic carbocycles. The summed E-state index contributed by atoms with van der Waals surface area (Å²) in [6.07, 6.45) is 1.63. The molecule has 1 N–H and O–H groups in total. The van der Waals surface area contributed by atoms with E-state index in [0.717, 1.165) is 10.3 Å². The number of halogens is 2. The fraction of sp³-hybridized carbons (Fsp3) is 0.267. The third-order valence-electron chi connectivity index (χ3n) is 2.83. The summed E-state index contributed by atoms with van der Waals surface area (Å²) in [4.78, 5) is 4.26. The second-order valence-electron chi connectivity index (χ2n) is 4.24. The Morgan fingerprint density at radius 2 is 2.05 bits per heavy atom. The van der Waals surface area contributed by atoms with E-state index in [-0.39, 0.29) is 0 Å². The molecule has 0 radical (unpaired) electrons. The standard InChI is InChI=1S/C15H16BrClN2O/c1-2-20-10-12-6-4-3-5-11(12)8-18-15-14(16)7-13(17)9-19-15/h3-7,9H,2,8,10H2,1H3,(H,18,19). The van der Waals surface area contributed by atoms with Crippen LogP contribution >= 0.6 is 27.5 Å². The Morgan fingerprint density at radius 1 is 1.30 bits per heavy atom. The van der Waals surface area contributed by atoms with E-state index in [1.165, 1.54) is 11.1 Å². The number of benzene rings is 1. The third kappa shape index (κ3) is 4.20. The van der Waals surface area contributed by atoms with Crippen LogP contribution in [0.5, 0.6) is 0 Å². The van der Waals surface area contributed by atoms with Gasteiger partial charge in [0.15, 0.2) is 0 Å². The van der Waals surface area contributed by atoms with Gasteiger partial charge in [0.25, 0.3) is 0 Å². The minimum atomic E-state index is 0.610. The molecule has 2 aromatic rings. The van der Waals surface area contributed by atoms with Crippen molar-refractivity contribution in [2.45, 2.75) is 20.1 Å². The molecule has 0 atom stereocenters. The maximum absolute atomic E-state index is 5.88. The summed E-state index contributed by atoms with van der Waals surface area (Å²) < 4.78 is 6.34. The zero-order valence-electron chi connectivity index (χ0n) is 11.2. The number of ether oxygens (including phenoxy) is 1. The molecule has 0 bridgehead atoms. The first kappa shape index (κ1) is 15.3. The van der Waals surface area contributed by atoms with Crippen molar-refractivity contribution in [2.24, 2.45) is 0 Å². The number of hydrogen-bond donors (Lipinski definition) is 1. The number of nitrogens with one attached hydrogen (secondary N) is 1. The normalized spacial score (nSPS) is 10.6. The molecule has 0 spiro atoms. The van der Waals surface area contributed by atoms with Crippen LogP contribution in [0, 0.1) is 0 Å². The number of nitrogens with zero attached hydrogens (tertiary/aromatic N) is 1. The monoisotopic (exact) mass is 354 g/mol. The van der Waals surface area contributed by atoms with Gasteiger partial charge >= 0.3 is 0 Å². The Hall–Kier alpha value is -1.10. The van der Waals surface area contributed by atoms with Crippen molar-refractivity contribution in [3.63, 3.8) is 0 Å². The van der Waals surface area contributed by atoms with Gasteiger partial charge in [0.1, 0.15) is 5.82 Å². The van der Waals surface area contributed by atoms with E-state index in [4.69, 9.17) is 16.3 Å². The Morgan fingerprint density at radius 3 is 2.75 bits per heavy atom. The second kappa shape index (κ2) is 7.62. The molecular weight excluding hydrogens is 340 g/mol. The van der Waals surface area contributed by atoms with Gasteiger partial charge in [-0.25, -0.2) is 4.98 Å². The Balaban J connectivity index is 2.06. The summed E-state index contributed by atoms with van der Waals surface area (Å²) in [5.41, 5.74) is 2.39. The first-order chi connectivity index (χ1) is 9.70. The third-order valence-corrected chi connectivity index (χ3v) is 3.65. The number of rotatable bonds is 6. The topological polar surface area (TPSA) is 34.1 Å². The van der Waals surface area contributed by atoms with E-state index in [1.54, 1.807) is 6.20 Å². The van der Waals surface area contributed by atoms with Gasteiger partial charge in [-0.1, -0.05) is 35.9 Å². The first-order valence-electron chi connectivity index (χ1n) is 6.40. The lowest BCUT2D eigenvalue weighted by atomic mass is 10.1. The lowest BCUT2D eigenvalue weighted by molar-refractivity contribution is 0.133. The van der Waals surface area contributed by atoms with Gasteiger partial charge in [-0.15, -0.1) is 0 Å². The minimum absolute atomic E-state index is 0.610. The molecule has 1 aromatic carbocycles. The highest BCUT2D eigenvalue weighted by molar-refractivity contribution is 9.10. The highest BCUT2D eigenvalue weighted by atomic mass is 79.9. The smallest absolute Gasteiger partial charge is 0.140 e. The first-order valence-corrected chi connectivity index (χ1v) is 7.57. The zero-order chi connectivity index (χ0) is 14.4. The summed E-state index contributed by atoms with van der Waals surface area (Å²) in [5.74, 6) is 0.778. The largest absolute Gasteiger partial charge is 0.377 e. The van der Waals surface area contributed by atoms with Crippen LogP contribution < -0.4 is 5.32 Å². The van der Waals surface area contributed by atoms with Crippen molar-refractivity contribution in [3.05, 3.63) is 57.2 Å². The van der Waals surface area contributed by atoms with Crippen LogP contribution in [0.25, 0.3) is 0 Å². The van der Waals surface area contributed by atoms with Crippen molar-refractivity contribution in [1.82, 2.24) is 4.98 Å². The second-order valence-corrected chi connectivity index (χ2v) is 5.53. The highest BCUT2D eigenvalue weighted by Crippen LogP contribution is 2.24. The molecular formula is C15H16BrClN2O. The molecule has 0 unspecified atom stereocenters. The van der Waals surface area contributed by atoms with Crippen LogP contribution in [0.4, 0.5) is 5.82 Å². The Bertz CT molecular complexity index is 578. The van der Waals surface area contributed by atoms with E-state index in [2.05, 4.69) is 38.4 Å². The number of anilines is 1. The van der Waals surface area contributed by atoms with E-state index >= 15 is 0 Å². The molecule has 5 heteroatoms. The zero-order valence-corrected chi connectivity index (χ0v) is 13.5. The SMILES string of the molecule is CCOCc1ccccc1CNc1ncc(Cl)cc1Br. The Labute approximate surface area is 132 Å². The fourth-order valence-corrected chi connectivity index (χ4v) is 2.59. The molecule has 0 aliphatic rings. The van der Waals surface area contributed by atoms with Gasteiger partial charge in [-0.2, -0.15) is 0 Å². The van der Waals surface area contributed by atoms with Gasteiger partial charge in [0, 0.05) is 19.3 Å². The number of pyridine rings is 1. The summed E-state index contributed by atoms with van der Waals surface area (Å²) in [7, 11) is 0. The average molecular weight is 356 g/mol. The van der Waals surface area contributed by atoms with Crippen LogP contribution in [-0.4, -0.2) is 11.6 Å². The molecule has 106 valence electrons. The van der Waals surface area contributed by atoms with Crippen LogP contribution in [0.2, 0.25) is 5.02 Å². The van der Waals surface area contributed by atoms with Gasteiger partial charge in [-0.05, 0) is 40.0 Å². The molecule has 0 amide bonds. The predicted molar refractivity (Wildman–Crippen MR) is 86.0 cm³/mol. The molecule has 2 rings (SSSR count). The highest BCUT2D eigenvalue weighted by Gasteiger charge is 2.05. The van der Waals surface area contributed by atoms with E-state index in [1.807, 2.05) is 25.1 Å². The van der Waals surface area contributed by atoms with Gasteiger partial charge in [0.05, 0.1) is 16.1 Å². The summed E-state index contributed by atoms with van der Waals surface area (Å²) in [5, 5.41) is 3.91. The molecule has 0 aliphatic heterocycles. The van der Waals surface area contributed by atoms with Crippen LogP contribution in [0.3, 0.4) is 0 Å². The Kier molecular flexibility index (Phi) is 5.83. The fourth-order valence-electron chi connectivity index (χ4n) is 1.81. The number of hydrogen-bond acceptors (Lipinski definition) is 3. The van der Waals surface area contributed by atoms with Crippen LogP contribution in [-0.2, 0) is 17.9 Å².